The first-order valence-corrected chi connectivity index (χ1v) is 8.37. The van der Waals surface area contributed by atoms with E-state index in [1.54, 1.807) is 0 Å². The van der Waals surface area contributed by atoms with Crippen molar-refractivity contribution in [2.24, 2.45) is 0 Å². The van der Waals surface area contributed by atoms with E-state index in [1.165, 1.54) is 36.4 Å². The van der Waals surface area contributed by atoms with Crippen LogP contribution in [0, 0.1) is 20.2 Å². The summed E-state index contributed by atoms with van der Waals surface area (Å²) in [6, 6.07) is 8.46. The maximum absolute atomic E-state index is 10.9. The van der Waals surface area contributed by atoms with E-state index >= 15 is 0 Å². The number of nitrogens with zero attached hydrogens (tertiary/aromatic N) is 2. The molecule has 0 spiro atoms. The smallest absolute Gasteiger partial charge is 0.269 e. The largest absolute Gasteiger partial charge is 0.457 e. The number of rotatable bonds is 8. The van der Waals surface area contributed by atoms with Crippen molar-refractivity contribution in [3.8, 4) is 11.5 Å². The molecular formula is C16H14Cl2N2O5. The molecule has 7 nitrogen and oxygen atoms in total. The number of aryl methyl sites for hydroxylation is 2. The van der Waals surface area contributed by atoms with Crippen molar-refractivity contribution in [1.29, 1.82) is 0 Å². The van der Waals surface area contributed by atoms with Crippen LogP contribution in [0.1, 0.15) is 11.1 Å². The molecule has 25 heavy (non-hydrogen) atoms. The summed E-state index contributed by atoms with van der Waals surface area (Å²) < 4.78 is 5.85. The highest BCUT2D eigenvalue weighted by atomic mass is 35.5. The fraction of sp³-hybridized carbons (Fsp3) is 0.250. The summed E-state index contributed by atoms with van der Waals surface area (Å²) in [5.41, 5.74) is 1.05. The Hall–Kier alpha value is -2.38. The van der Waals surface area contributed by atoms with Gasteiger partial charge in [-0.05, 0) is 25.0 Å². The van der Waals surface area contributed by atoms with Crippen LogP contribution in [0.2, 0.25) is 0 Å². The molecule has 132 valence electrons. The van der Waals surface area contributed by atoms with Crippen LogP contribution < -0.4 is 4.74 Å². The van der Waals surface area contributed by atoms with Crippen molar-refractivity contribution < 1.29 is 14.6 Å². The quantitative estimate of drug-likeness (QED) is 0.367. The molecule has 0 aliphatic carbocycles. The second-order valence-corrected chi connectivity index (χ2v) is 5.83. The molecule has 0 aromatic heterocycles. The van der Waals surface area contributed by atoms with E-state index in [2.05, 4.69) is 0 Å². The van der Waals surface area contributed by atoms with Gasteiger partial charge in [-0.3, -0.25) is 20.2 Å². The Labute approximate surface area is 153 Å². The lowest BCUT2D eigenvalue weighted by Gasteiger charge is -2.13. The van der Waals surface area contributed by atoms with Gasteiger partial charge in [0.15, 0.2) is 0 Å². The summed E-state index contributed by atoms with van der Waals surface area (Å²) in [4.78, 5) is 20.9. The molecular weight excluding hydrogens is 371 g/mol. The van der Waals surface area contributed by atoms with Gasteiger partial charge in [0, 0.05) is 47.2 Å². The molecule has 0 fully saturated rings. The van der Waals surface area contributed by atoms with Crippen molar-refractivity contribution in [3.05, 3.63) is 67.8 Å². The Balaban J connectivity index is 2.41. The predicted molar refractivity (Wildman–Crippen MR) is 95.1 cm³/mol. The zero-order valence-corrected chi connectivity index (χ0v) is 14.5. The number of ether oxygens (including phenoxy) is 1. The number of hydrogen-bond acceptors (Lipinski definition) is 5. The van der Waals surface area contributed by atoms with Gasteiger partial charge in [-0.2, -0.15) is 0 Å². The minimum atomic E-state index is -0.494. The van der Waals surface area contributed by atoms with Crippen molar-refractivity contribution in [2.45, 2.75) is 12.8 Å². The molecule has 0 heterocycles. The van der Waals surface area contributed by atoms with Crippen LogP contribution in [0.15, 0.2) is 36.4 Å². The van der Waals surface area contributed by atoms with Crippen LogP contribution in [0.4, 0.5) is 11.4 Å². The molecule has 0 atom stereocenters. The van der Waals surface area contributed by atoms with Crippen molar-refractivity contribution >= 4 is 34.6 Å². The van der Waals surface area contributed by atoms with E-state index < -0.39 is 9.85 Å². The normalized spacial score (nSPS) is 10.5. The lowest BCUT2D eigenvalue weighted by molar-refractivity contribution is -0.385. The first-order chi connectivity index (χ1) is 12.0. The number of nitro benzene ring substituents is 2. The lowest BCUT2D eigenvalue weighted by atomic mass is 10.1. The Morgan fingerprint density at radius 1 is 0.800 bits per heavy atom. The molecule has 0 N–H and O–H groups in total. The molecule has 0 amide bonds. The zero-order chi connectivity index (χ0) is 18.4. The van der Waals surface area contributed by atoms with E-state index in [1.807, 2.05) is 0 Å². The second kappa shape index (κ2) is 8.64. The molecule has 0 aliphatic heterocycles. The molecule has 9 heteroatoms. The highest BCUT2D eigenvalue weighted by Crippen LogP contribution is 2.33. The minimum absolute atomic E-state index is 0.0582. The molecule has 0 saturated carbocycles. The molecule has 2 aromatic rings. The van der Waals surface area contributed by atoms with Crippen molar-refractivity contribution in [2.75, 3.05) is 11.8 Å². The molecule has 0 saturated heterocycles. The standard InChI is InChI=1S/C16H14Cl2N2O5/c17-7-5-11-9-13(19(21)22)1-3-15(11)25-16-4-2-14(20(23)24)10-12(16)6-8-18/h1-4,9-10H,5-8H2. The zero-order valence-electron chi connectivity index (χ0n) is 13.0. The maximum Gasteiger partial charge on any atom is 0.269 e. The first kappa shape index (κ1) is 19.0. The average molecular weight is 385 g/mol. The minimum Gasteiger partial charge on any atom is -0.457 e. The van der Waals surface area contributed by atoms with Gasteiger partial charge in [-0.1, -0.05) is 0 Å². The van der Waals surface area contributed by atoms with E-state index in [9.17, 15) is 20.2 Å². The third-order valence-corrected chi connectivity index (χ3v) is 3.84. The van der Waals surface area contributed by atoms with Gasteiger partial charge in [0.25, 0.3) is 11.4 Å². The van der Waals surface area contributed by atoms with E-state index in [0.29, 0.717) is 35.5 Å². The van der Waals surface area contributed by atoms with E-state index in [0.717, 1.165) is 0 Å². The summed E-state index contributed by atoms with van der Waals surface area (Å²) in [5, 5.41) is 21.8. The van der Waals surface area contributed by atoms with Gasteiger partial charge in [-0.15, -0.1) is 23.2 Å². The SMILES string of the molecule is O=[N+]([O-])c1ccc(Oc2ccc([N+](=O)[O-])cc2CCCl)c(CCCl)c1. The molecule has 2 rings (SSSR count). The van der Waals surface area contributed by atoms with Crippen LogP contribution in [0.3, 0.4) is 0 Å². The number of alkyl halides is 2. The van der Waals surface area contributed by atoms with Gasteiger partial charge in [0.05, 0.1) is 9.85 Å². The van der Waals surface area contributed by atoms with Crippen LogP contribution in [-0.2, 0) is 12.8 Å². The van der Waals surface area contributed by atoms with Crippen LogP contribution in [0.5, 0.6) is 11.5 Å². The molecule has 0 radical (unpaired) electrons. The average Bonchev–Trinajstić information content (AvgIpc) is 2.58. The fourth-order valence-electron chi connectivity index (χ4n) is 2.27. The number of benzene rings is 2. The highest BCUT2D eigenvalue weighted by Gasteiger charge is 2.16. The second-order valence-electron chi connectivity index (χ2n) is 5.08. The third-order valence-electron chi connectivity index (χ3n) is 3.46. The summed E-state index contributed by atoms with van der Waals surface area (Å²) in [5.74, 6) is 1.37. The van der Waals surface area contributed by atoms with E-state index in [-0.39, 0.29) is 23.1 Å². The van der Waals surface area contributed by atoms with Crippen molar-refractivity contribution in [1.82, 2.24) is 0 Å². The Bertz CT molecular complexity index is 733. The van der Waals surface area contributed by atoms with Gasteiger partial charge in [0.2, 0.25) is 0 Å². The van der Waals surface area contributed by atoms with Gasteiger partial charge in [-0.25, -0.2) is 0 Å². The van der Waals surface area contributed by atoms with Crippen molar-refractivity contribution in [3.63, 3.8) is 0 Å². The Morgan fingerprint density at radius 3 is 1.52 bits per heavy atom. The summed E-state index contributed by atoms with van der Waals surface area (Å²) >= 11 is 11.5. The molecule has 2 aromatic carbocycles. The van der Waals surface area contributed by atoms with Gasteiger partial charge in [0.1, 0.15) is 11.5 Å². The summed E-state index contributed by atoms with van der Waals surface area (Å²) in [6.07, 6.45) is 0.771. The number of halogens is 2. The number of non-ortho nitro benzene ring substituents is 2. The molecule has 0 bridgehead atoms. The predicted octanol–water partition coefficient (Wildman–Crippen LogP) is 4.86. The maximum atomic E-state index is 10.9. The van der Waals surface area contributed by atoms with Gasteiger partial charge < -0.3 is 4.74 Å². The van der Waals surface area contributed by atoms with Crippen LogP contribution >= 0.6 is 23.2 Å². The fourth-order valence-corrected chi connectivity index (χ4v) is 2.68. The Morgan fingerprint density at radius 2 is 1.20 bits per heavy atom. The number of hydrogen-bond donors (Lipinski definition) is 0. The Kier molecular flexibility index (Phi) is 6.55. The third kappa shape index (κ3) is 4.80. The van der Waals surface area contributed by atoms with E-state index in [4.69, 9.17) is 27.9 Å². The number of nitro groups is 2. The summed E-state index contributed by atoms with van der Waals surface area (Å²) in [7, 11) is 0. The molecule has 0 aliphatic rings. The van der Waals surface area contributed by atoms with Crippen LogP contribution in [-0.4, -0.2) is 21.6 Å². The van der Waals surface area contributed by atoms with Crippen LogP contribution in [0.25, 0.3) is 0 Å². The summed E-state index contributed by atoms with van der Waals surface area (Å²) in [6.45, 7) is 0. The topological polar surface area (TPSA) is 95.5 Å². The highest BCUT2D eigenvalue weighted by molar-refractivity contribution is 6.18. The first-order valence-electron chi connectivity index (χ1n) is 7.30. The lowest BCUT2D eigenvalue weighted by Crippen LogP contribution is -1.99. The van der Waals surface area contributed by atoms with Gasteiger partial charge >= 0.3 is 0 Å². The monoisotopic (exact) mass is 384 g/mol. The molecule has 0 unspecified atom stereocenters.